The van der Waals surface area contributed by atoms with E-state index in [0.717, 1.165) is 32.4 Å². The van der Waals surface area contributed by atoms with E-state index < -0.39 is 0 Å². The number of rotatable bonds is 6. The van der Waals surface area contributed by atoms with Gasteiger partial charge in [0.25, 0.3) is 5.91 Å². The minimum absolute atomic E-state index is 0.0336. The fourth-order valence-electron chi connectivity index (χ4n) is 3.73. The number of hydrogen-bond donors (Lipinski definition) is 0. The zero-order valence-corrected chi connectivity index (χ0v) is 14.3. The van der Waals surface area contributed by atoms with Gasteiger partial charge in [-0.3, -0.25) is 4.79 Å². The van der Waals surface area contributed by atoms with Crippen LogP contribution in [0.2, 0.25) is 0 Å². The molecule has 1 atom stereocenters. The molecule has 1 amide bonds. The van der Waals surface area contributed by atoms with Gasteiger partial charge in [-0.1, -0.05) is 0 Å². The first kappa shape index (κ1) is 17.2. The number of amides is 1. The third kappa shape index (κ3) is 4.69. The number of nitrogens with zero attached hydrogens (tertiary/aromatic N) is 2. The maximum absolute atomic E-state index is 12.9. The Kier molecular flexibility index (Phi) is 6.07. The van der Waals surface area contributed by atoms with E-state index in [1.54, 1.807) is 12.1 Å². The summed E-state index contributed by atoms with van der Waals surface area (Å²) >= 11 is 0. The zero-order valence-electron chi connectivity index (χ0n) is 14.3. The Morgan fingerprint density at radius 3 is 2.54 bits per heavy atom. The van der Waals surface area contributed by atoms with Crippen molar-refractivity contribution in [2.75, 3.05) is 32.8 Å². The molecule has 2 aliphatic rings. The van der Waals surface area contributed by atoms with Gasteiger partial charge in [0.15, 0.2) is 6.61 Å². The maximum Gasteiger partial charge on any atom is 0.260 e. The molecule has 0 aromatic heterocycles. The third-order valence-corrected chi connectivity index (χ3v) is 5.10. The minimum atomic E-state index is -0.299. The van der Waals surface area contributed by atoms with Crippen molar-refractivity contribution in [2.24, 2.45) is 0 Å². The molecule has 2 fully saturated rings. The lowest BCUT2D eigenvalue weighted by Gasteiger charge is -2.36. The molecule has 0 aliphatic carbocycles. The van der Waals surface area contributed by atoms with Crippen LogP contribution in [0.15, 0.2) is 24.3 Å². The van der Waals surface area contributed by atoms with E-state index in [0.29, 0.717) is 11.8 Å². The van der Waals surface area contributed by atoms with Gasteiger partial charge in [-0.05, 0) is 75.9 Å². The standard InChI is InChI=1S/C19H27FN2O2/c20-16-6-8-18(9-7-16)24-15-19(23)22-13-2-1-5-17(22)10-14-21-11-3-4-12-21/h6-9,17H,1-5,10-15H2. The highest BCUT2D eigenvalue weighted by Gasteiger charge is 2.27. The van der Waals surface area contributed by atoms with Crippen molar-refractivity contribution in [3.05, 3.63) is 30.1 Å². The second-order valence-electron chi connectivity index (χ2n) is 6.82. The zero-order chi connectivity index (χ0) is 16.8. The molecule has 0 spiro atoms. The summed E-state index contributed by atoms with van der Waals surface area (Å²) in [5, 5.41) is 0. The number of ether oxygens (including phenoxy) is 1. The van der Waals surface area contributed by atoms with Crippen LogP contribution in [-0.4, -0.2) is 54.5 Å². The Labute approximate surface area is 143 Å². The van der Waals surface area contributed by atoms with Gasteiger partial charge < -0.3 is 14.5 Å². The summed E-state index contributed by atoms with van der Waals surface area (Å²) < 4.78 is 18.4. The van der Waals surface area contributed by atoms with Crippen LogP contribution in [0.1, 0.15) is 38.5 Å². The van der Waals surface area contributed by atoms with E-state index in [1.165, 1.54) is 44.5 Å². The number of carbonyl (C=O) groups excluding carboxylic acids is 1. The van der Waals surface area contributed by atoms with Crippen molar-refractivity contribution < 1.29 is 13.9 Å². The molecule has 1 aromatic rings. The molecule has 24 heavy (non-hydrogen) atoms. The molecule has 132 valence electrons. The predicted octanol–water partition coefficient (Wildman–Crippen LogP) is 3.07. The number of piperidine rings is 1. The molecular weight excluding hydrogens is 307 g/mol. The first-order chi connectivity index (χ1) is 11.7. The van der Waals surface area contributed by atoms with E-state index in [2.05, 4.69) is 4.90 Å². The highest BCUT2D eigenvalue weighted by Crippen LogP contribution is 2.21. The Balaban J connectivity index is 1.49. The predicted molar refractivity (Wildman–Crippen MR) is 91.5 cm³/mol. The van der Waals surface area contributed by atoms with Crippen LogP contribution >= 0.6 is 0 Å². The Morgan fingerprint density at radius 1 is 1.08 bits per heavy atom. The van der Waals surface area contributed by atoms with Crippen LogP contribution < -0.4 is 4.74 Å². The van der Waals surface area contributed by atoms with Gasteiger partial charge in [-0.15, -0.1) is 0 Å². The van der Waals surface area contributed by atoms with Crippen molar-refractivity contribution in [3.63, 3.8) is 0 Å². The van der Waals surface area contributed by atoms with Crippen molar-refractivity contribution in [3.8, 4) is 5.75 Å². The average molecular weight is 334 g/mol. The Hall–Kier alpha value is -1.62. The van der Waals surface area contributed by atoms with Crippen molar-refractivity contribution >= 4 is 5.91 Å². The summed E-state index contributed by atoms with van der Waals surface area (Å²) in [6.07, 6.45) is 7.03. The molecule has 0 radical (unpaired) electrons. The molecular formula is C19H27FN2O2. The lowest BCUT2D eigenvalue weighted by molar-refractivity contribution is -0.137. The number of hydrogen-bond acceptors (Lipinski definition) is 3. The minimum Gasteiger partial charge on any atom is -0.484 e. The first-order valence-electron chi connectivity index (χ1n) is 9.12. The molecule has 0 N–H and O–H groups in total. The fraction of sp³-hybridized carbons (Fsp3) is 0.632. The van der Waals surface area contributed by atoms with Gasteiger partial charge in [0.1, 0.15) is 11.6 Å². The van der Waals surface area contributed by atoms with Gasteiger partial charge in [0.05, 0.1) is 0 Å². The largest absolute Gasteiger partial charge is 0.484 e. The molecule has 3 rings (SSSR count). The lowest BCUT2D eigenvalue weighted by atomic mass is 9.99. The monoisotopic (exact) mass is 334 g/mol. The van der Waals surface area contributed by atoms with Crippen molar-refractivity contribution in [1.29, 1.82) is 0 Å². The topological polar surface area (TPSA) is 32.8 Å². The van der Waals surface area contributed by atoms with E-state index >= 15 is 0 Å². The third-order valence-electron chi connectivity index (χ3n) is 5.10. The number of benzene rings is 1. The summed E-state index contributed by atoms with van der Waals surface area (Å²) in [7, 11) is 0. The Morgan fingerprint density at radius 2 is 1.79 bits per heavy atom. The summed E-state index contributed by atoms with van der Waals surface area (Å²) in [5.41, 5.74) is 0. The Bertz CT molecular complexity index is 529. The summed E-state index contributed by atoms with van der Waals surface area (Å²) in [4.78, 5) is 17.1. The van der Waals surface area contributed by atoms with Crippen molar-refractivity contribution in [1.82, 2.24) is 9.80 Å². The van der Waals surface area contributed by atoms with Crippen LogP contribution in [0.25, 0.3) is 0 Å². The maximum atomic E-state index is 12.9. The summed E-state index contributed by atoms with van der Waals surface area (Å²) in [6, 6.07) is 6.15. The summed E-state index contributed by atoms with van der Waals surface area (Å²) in [6.45, 7) is 4.36. The molecule has 2 saturated heterocycles. The first-order valence-corrected chi connectivity index (χ1v) is 9.12. The van der Waals surface area contributed by atoms with Gasteiger partial charge >= 0.3 is 0 Å². The van der Waals surface area contributed by atoms with Gasteiger partial charge in [-0.2, -0.15) is 0 Å². The van der Waals surface area contributed by atoms with E-state index in [9.17, 15) is 9.18 Å². The summed E-state index contributed by atoms with van der Waals surface area (Å²) in [5.74, 6) is 0.285. The molecule has 0 saturated carbocycles. The van der Waals surface area contributed by atoms with Crippen LogP contribution in [0.3, 0.4) is 0 Å². The van der Waals surface area contributed by atoms with Gasteiger partial charge in [-0.25, -0.2) is 4.39 Å². The number of carbonyl (C=O) groups is 1. The molecule has 1 aromatic carbocycles. The van der Waals surface area contributed by atoms with Crippen LogP contribution in [0, 0.1) is 5.82 Å². The average Bonchev–Trinajstić information content (AvgIpc) is 3.13. The van der Waals surface area contributed by atoms with Crippen LogP contribution in [-0.2, 0) is 4.79 Å². The van der Waals surface area contributed by atoms with Gasteiger partial charge in [0, 0.05) is 19.1 Å². The molecule has 2 heterocycles. The molecule has 2 aliphatic heterocycles. The van der Waals surface area contributed by atoms with E-state index in [4.69, 9.17) is 4.74 Å². The highest BCUT2D eigenvalue weighted by molar-refractivity contribution is 5.78. The van der Waals surface area contributed by atoms with Crippen molar-refractivity contribution in [2.45, 2.75) is 44.6 Å². The molecule has 0 bridgehead atoms. The number of likely N-dealkylation sites (tertiary alicyclic amines) is 2. The number of halogens is 1. The normalized spacial score (nSPS) is 21.9. The van der Waals surface area contributed by atoms with E-state index in [-0.39, 0.29) is 18.3 Å². The quantitative estimate of drug-likeness (QED) is 0.801. The van der Waals surface area contributed by atoms with Crippen LogP contribution in [0.4, 0.5) is 4.39 Å². The van der Waals surface area contributed by atoms with Gasteiger partial charge in [0.2, 0.25) is 0 Å². The van der Waals surface area contributed by atoms with Crippen LogP contribution in [0.5, 0.6) is 5.75 Å². The molecule has 1 unspecified atom stereocenters. The molecule has 5 heteroatoms. The lowest BCUT2D eigenvalue weighted by Crippen LogP contribution is -2.47. The second-order valence-corrected chi connectivity index (χ2v) is 6.82. The van der Waals surface area contributed by atoms with E-state index in [1.807, 2.05) is 4.90 Å². The SMILES string of the molecule is O=C(COc1ccc(F)cc1)N1CCCCC1CCN1CCCC1. The smallest absolute Gasteiger partial charge is 0.260 e. The molecule has 4 nitrogen and oxygen atoms in total. The second kappa shape index (κ2) is 8.47. The highest BCUT2D eigenvalue weighted by atomic mass is 19.1. The fourth-order valence-corrected chi connectivity index (χ4v) is 3.73.